The third-order valence-electron chi connectivity index (χ3n) is 6.63. The molecule has 11 nitrogen and oxygen atoms in total. The van der Waals surface area contributed by atoms with E-state index in [0.717, 1.165) is 28.3 Å². The molecule has 44 heavy (non-hydrogen) atoms. The lowest BCUT2D eigenvalue weighted by atomic mass is 10.0. The number of carbonyl (C=O) groups excluding carboxylic acids is 2. The number of benzene rings is 3. The third-order valence-corrected chi connectivity index (χ3v) is 8.35. The Balaban J connectivity index is 2.15. The van der Waals surface area contributed by atoms with Crippen LogP contribution in [-0.2, 0) is 32.6 Å². The lowest BCUT2D eigenvalue weighted by Gasteiger charge is -2.34. The topological polar surface area (TPSA) is 139 Å². The maximum absolute atomic E-state index is 14.2. The number of amides is 2. The van der Waals surface area contributed by atoms with Gasteiger partial charge in [0.2, 0.25) is 21.8 Å². The first-order valence-electron chi connectivity index (χ1n) is 13.6. The summed E-state index contributed by atoms with van der Waals surface area (Å²) in [6, 6.07) is 16.1. The molecular weight excluding hydrogens is 631 g/mol. The van der Waals surface area contributed by atoms with Gasteiger partial charge in [-0.15, -0.1) is 0 Å². The van der Waals surface area contributed by atoms with E-state index in [2.05, 4.69) is 5.32 Å². The number of ether oxygens (including phenoxy) is 1. The molecule has 0 heterocycles. The van der Waals surface area contributed by atoms with Crippen molar-refractivity contribution >= 4 is 56.4 Å². The molecule has 1 atom stereocenters. The van der Waals surface area contributed by atoms with Crippen molar-refractivity contribution in [3.63, 3.8) is 0 Å². The summed E-state index contributed by atoms with van der Waals surface area (Å²) in [4.78, 5) is 40.1. The first-order chi connectivity index (χ1) is 20.7. The Labute approximate surface area is 266 Å². The van der Waals surface area contributed by atoms with E-state index in [4.69, 9.17) is 27.9 Å². The summed E-state index contributed by atoms with van der Waals surface area (Å²) in [5.74, 6) is -1.08. The van der Waals surface area contributed by atoms with E-state index in [1.54, 1.807) is 24.3 Å². The molecule has 3 aromatic rings. The number of non-ortho nitro benzene ring substituents is 1. The normalized spacial score (nSPS) is 12.0. The van der Waals surface area contributed by atoms with Gasteiger partial charge in [0, 0.05) is 41.7 Å². The minimum Gasteiger partial charge on any atom is -0.495 e. The zero-order chi connectivity index (χ0) is 32.6. The largest absolute Gasteiger partial charge is 0.495 e. The number of hydrogen-bond acceptors (Lipinski definition) is 7. The summed E-state index contributed by atoms with van der Waals surface area (Å²) in [7, 11) is -2.92. The van der Waals surface area contributed by atoms with E-state index in [0.29, 0.717) is 17.1 Å². The van der Waals surface area contributed by atoms with Crippen LogP contribution in [0.15, 0.2) is 66.7 Å². The number of nitro groups is 1. The molecule has 0 fully saturated rings. The highest BCUT2D eigenvalue weighted by Gasteiger charge is 2.34. The second-order valence-electron chi connectivity index (χ2n) is 10.5. The van der Waals surface area contributed by atoms with Crippen LogP contribution in [0, 0.1) is 16.0 Å². The van der Waals surface area contributed by atoms with E-state index in [1.807, 2.05) is 32.0 Å². The SMILES string of the molecule is COc1ccc([N+](=O)[O-])cc1N(CC(=O)N(Cc1ccc(Cl)cc1Cl)[C@@H](Cc1ccccc1)C(=O)NCC(C)C)S(C)(=O)=O. The van der Waals surface area contributed by atoms with Crippen LogP contribution in [0.5, 0.6) is 5.75 Å². The maximum Gasteiger partial charge on any atom is 0.271 e. The molecule has 236 valence electrons. The monoisotopic (exact) mass is 664 g/mol. The van der Waals surface area contributed by atoms with Crippen molar-refractivity contribution in [1.29, 1.82) is 0 Å². The second kappa shape index (κ2) is 15.2. The molecule has 0 bridgehead atoms. The van der Waals surface area contributed by atoms with Crippen molar-refractivity contribution in [2.45, 2.75) is 32.9 Å². The van der Waals surface area contributed by atoms with Gasteiger partial charge in [0.25, 0.3) is 5.69 Å². The van der Waals surface area contributed by atoms with Gasteiger partial charge in [0.05, 0.1) is 18.3 Å². The van der Waals surface area contributed by atoms with Crippen LogP contribution in [-0.4, -0.2) is 62.6 Å². The molecule has 0 saturated carbocycles. The van der Waals surface area contributed by atoms with Crippen LogP contribution in [0.25, 0.3) is 0 Å². The fraction of sp³-hybridized carbons (Fsp3) is 0.333. The zero-order valence-electron chi connectivity index (χ0n) is 24.7. The van der Waals surface area contributed by atoms with Gasteiger partial charge in [-0.3, -0.25) is 24.0 Å². The summed E-state index contributed by atoms with van der Waals surface area (Å²) < 4.78 is 32.2. The van der Waals surface area contributed by atoms with Crippen molar-refractivity contribution in [2.75, 3.05) is 30.8 Å². The number of nitrogens with zero attached hydrogens (tertiary/aromatic N) is 3. The molecule has 0 saturated heterocycles. The summed E-state index contributed by atoms with van der Waals surface area (Å²) in [5, 5.41) is 15.0. The minimum absolute atomic E-state index is 0.00312. The second-order valence-corrected chi connectivity index (χ2v) is 13.2. The fourth-order valence-electron chi connectivity index (χ4n) is 4.39. The summed E-state index contributed by atoms with van der Waals surface area (Å²) in [6.07, 6.45) is 0.983. The summed E-state index contributed by atoms with van der Waals surface area (Å²) >= 11 is 12.6. The Morgan fingerprint density at radius 1 is 1.05 bits per heavy atom. The molecule has 1 N–H and O–H groups in total. The highest BCUT2D eigenvalue weighted by Crippen LogP contribution is 2.34. The molecule has 14 heteroatoms. The average molecular weight is 666 g/mol. The number of sulfonamides is 1. The number of rotatable bonds is 14. The van der Waals surface area contributed by atoms with Crippen LogP contribution < -0.4 is 14.4 Å². The molecule has 0 radical (unpaired) electrons. The van der Waals surface area contributed by atoms with Crippen LogP contribution in [0.4, 0.5) is 11.4 Å². The standard InChI is InChI=1S/C30H34Cl2N4O7S/c1-20(2)17-33-30(38)27(14-21-8-6-5-7-9-21)34(18-22-10-11-23(31)15-25(22)32)29(37)19-35(44(4,41)42)26-16-24(36(39)40)12-13-28(26)43-3/h5-13,15-16,20,27H,14,17-19H2,1-4H3,(H,33,38)/t27-/m0/s1. The van der Waals surface area contributed by atoms with E-state index in [1.165, 1.54) is 24.1 Å². The van der Waals surface area contributed by atoms with Crippen molar-refractivity contribution in [1.82, 2.24) is 10.2 Å². The Hall–Kier alpha value is -3.87. The molecule has 2 amide bonds. The van der Waals surface area contributed by atoms with Crippen molar-refractivity contribution in [3.8, 4) is 5.75 Å². The van der Waals surface area contributed by atoms with Gasteiger partial charge in [0.15, 0.2) is 0 Å². The van der Waals surface area contributed by atoms with Crippen molar-refractivity contribution in [2.24, 2.45) is 5.92 Å². The number of hydrogen-bond donors (Lipinski definition) is 1. The highest BCUT2D eigenvalue weighted by atomic mass is 35.5. The van der Waals surface area contributed by atoms with Crippen molar-refractivity contribution in [3.05, 3.63) is 98.0 Å². The van der Waals surface area contributed by atoms with Crippen molar-refractivity contribution < 1.29 is 27.7 Å². The molecule has 3 aromatic carbocycles. The number of methoxy groups -OCH3 is 1. The van der Waals surface area contributed by atoms with Gasteiger partial charge in [0.1, 0.15) is 24.0 Å². The van der Waals surface area contributed by atoms with E-state index in [-0.39, 0.29) is 35.3 Å². The number of nitro benzene ring substituents is 1. The van der Waals surface area contributed by atoms with Gasteiger partial charge >= 0.3 is 0 Å². The molecule has 3 rings (SSSR count). The summed E-state index contributed by atoms with van der Waals surface area (Å²) in [6.45, 7) is 3.25. The Bertz CT molecular complexity index is 1600. The Morgan fingerprint density at radius 2 is 1.73 bits per heavy atom. The van der Waals surface area contributed by atoms with Gasteiger partial charge in [-0.25, -0.2) is 8.42 Å². The zero-order valence-corrected chi connectivity index (χ0v) is 27.0. The molecule has 0 aliphatic heterocycles. The van der Waals surface area contributed by atoms with Gasteiger partial charge in [-0.1, -0.05) is 73.4 Å². The average Bonchev–Trinajstić information content (AvgIpc) is 2.96. The number of nitrogens with one attached hydrogen (secondary N) is 1. The number of carbonyl (C=O) groups is 2. The first kappa shape index (κ1) is 34.6. The molecule has 0 unspecified atom stereocenters. The Morgan fingerprint density at radius 3 is 2.30 bits per heavy atom. The lowest BCUT2D eigenvalue weighted by molar-refractivity contribution is -0.384. The first-order valence-corrected chi connectivity index (χ1v) is 16.2. The van der Waals surface area contributed by atoms with E-state index < -0.39 is 45.0 Å². The van der Waals surface area contributed by atoms with Crippen LogP contribution in [0.3, 0.4) is 0 Å². The van der Waals surface area contributed by atoms with Gasteiger partial charge in [-0.05, 0) is 35.2 Å². The molecule has 0 aliphatic carbocycles. The predicted octanol–water partition coefficient (Wildman–Crippen LogP) is 5.09. The van der Waals surface area contributed by atoms with Gasteiger partial charge < -0.3 is 15.0 Å². The van der Waals surface area contributed by atoms with E-state index >= 15 is 0 Å². The van der Waals surface area contributed by atoms with Crippen LogP contribution in [0.2, 0.25) is 10.0 Å². The van der Waals surface area contributed by atoms with Gasteiger partial charge in [-0.2, -0.15) is 0 Å². The smallest absolute Gasteiger partial charge is 0.271 e. The molecule has 0 aliphatic rings. The Kier molecular flexibility index (Phi) is 12.0. The minimum atomic E-state index is -4.20. The maximum atomic E-state index is 14.2. The fourth-order valence-corrected chi connectivity index (χ4v) is 5.70. The highest BCUT2D eigenvalue weighted by molar-refractivity contribution is 7.92. The molecule has 0 aromatic heterocycles. The molecular formula is C30H34Cl2N4O7S. The van der Waals surface area contributed by atoms with Crippen LogP contribution in [0.1, 0.15) is 25.0 Å². The van der Waals surface area contributed by atoms with E-state index in [9.17, 15) is 28.1 Å². The number of anilines is 1. The summed E-state index contributed by atoms with van der Waals surface area (Å²) in [5.41, 5.74) is 0.628. The van der Waals surface area contributed by atoms with Crippen LogP contribution >= 0.6 is 23.2 Å². The quantitative estimate of drug-likeness (QED) is 0.187. The predicted molar refractivity (Wildman–Crippen MR) is 171 cm³/mol. The lowest BCUT2D eigenvalue weighted by Crippen LogP contribution is -2.53. The number of halogens is 2. The molecule has 0 spiro atoms. The third kappa shape index (κ3) is 9.31.